The Balaban J connectivity index is 1.37. The van der Waals surface area contributed by atoms with E-state index < -0.39 is 11.8 Å². The molecule has 3 N–H and O–H groups in total. The summed E-state index contributed by atoms with van der Waals surface area (Å²) in [5.74, 6) is -0.460. The molecule has 0 atom stereocenters. The minimum atomic E-state index is -0.460. The summed E-state index contributed by atoms with van der Waals surface area (Å²) < 4.78 is 13.6. The molecule has 0 saturated heterocycles. The van der Waals surface area contributed by atoms with E-state index >= 15 is 0 Å². The van der Waals surface area contributed by atoms with Crippen molar-refractivity contribution in [2.75, 3.05) is 11.9 Å². The van der Waals surface area contributed by atoms with Crippen LogP contribution < -0.4 is 10.6 Å². The first-order valence-electron chi connectivity index (χ1n) is 9.01. The molecule has 2 heterocycles. The average Bonchev–Trinajstić information content (AvgIpc) is 3.18. The first-order chi connectivity index (χ1) is 13.7. The van der Waals surface area contributed by atoms with Gasteiger partial charge in [0.05, 0.1) is 5.69 Å². The minimum absolute atomic E-state index is 0.162. The number of aromatic nitrogens is 2. The standard InChI is InChI=1S/C22H19FN4O/c23-19-6-1-2-7-20(19)27-22(28)25-10-8-15-4-3-5-16(12-15)18-13-17-9-11-24-21(17)26-14-18/h1-7,9,11-14H,8,10H2,(H,24,26)(H2,25,27,28). The van der Waals surface area contributed by atoms with Crippen LogP contribution in [0.1, 0.15) is 5.56 Å². The van der Waals surface area contributed by atoms with Crippen LogP contribution in [0.4, 0.5) is 14.9 Å². The largest absolute Gasteiger partial charge is 0.346 e. The smallest absolute Gasteiger partial charge is 0.319 e. The van der Waals surface area contributed by atoms with Gasteiger partial charge in [0, 0.05) is 29.9 Å². The van der Waals surface area contributed by atoms with Crippen molar-refractivity contribution in [3.63, 3.8) is 0 Å². The molecular formula is C22H19FN4O. The highest BCUT2D eigenvalue weighted by Gasteiger charge is 2.06. The van der Waals surface area contributed by atoms with Crippen molar-refractivity contribution in [2.45, 2.75) is 6.42 Å². The van der Waals surface area contributed by atoms with Crippen LogP contribution in [0.15, 0.2) is 73.1 Å². The van der Waals surface area contributed by atoms with E-state index in [1.165, 1.54) is 12.1 Å². The van der Waals surface area contributed by atoms with Crippen LogP contribution in [0, 0.1) is 5.82 Å². The van der Waals surface area contributed by atoms with Gasteiger partial charge in [-0.25, -0.2) is 14.2 Å². The number of H-pyrrole nitrogens is 1. The lowest BCUT2D eigenvalue weighted by Gasteiger charge is -2.09. The summed E-state index contributed by atoms with van der Waals surface area (Å²) in [6.07, 6.45) is 4.38. The Morgan fingerprint density at radius 2 is 1.93 bits per heavy atom. The molecule has 4 aromatic rings. The lowest BCUT2D eigenvalue weighted by atomic mass is 10.0. The summed E-state index contributed by atoms with van der Waals surface area (Å²) in [4.78, 5) is 19.5. The zero-order chi connectivity index (χ0) is 19.3. The second kappa shape index (κ2) is 7.92. The predicted molar refractivity (Wildman–Crippen MR) is 109 cm³/mol. The first-order valence-corrected chi connectivity index (χ1v) is 9.01. The Morgan fingerprint density at radius 1 is 1.04 bits per heavy atom. The van der Waals surface area contributed by atoms with Crippen molar-refractivity contribution in [3.05, 3.63) is 84.4 Å². The monoisotopic (exact) mass is 374 g/mol. The number of carbonyl (C=O) groups excluding carboxylic acids is 1. The van der Waals surface area contributed by atoms with E-state index in [2.05, 4.69) is 32.7 Å². The number of nitrogens with one attached hydrogen (secondary N) is 3. The maximum atomic E-state index is 13.6. The van der Waals surface area contributed by atoms with Crippen molar-refractivity contribution in [1.82, 2.24) is 15.3 Å². The number of anilines is 1. The number of para-hydroxylation sites is 1. The molecule has 0 aliphatic carbocycles. The molecule has 2 aromatic carbocycles. The van der Waals surface area contributed by atoms with Crippen LogP contribution >= 0.6 is 0 Å². The molecule has 0 unspecified atom stereocenters. The predicted octanol–water partition coefficient (Wildman–Crippen LogP) is 4.73. The fraction of sp³-hybridized carbons (Fsp3) is 0.0909. The van der Waals surface area contributed by atoms with Gasteiger partial charge in [-0.1, -0.05) is 36.4 Å². The number of fused-ring (bicyclic) bond motifs is 1. The zero-order valence-electron chi connectivity index (χ0n) is 15.1. The Morgan fingerprint density at radius 3 is 2.82 bits per heavy atom. The highest BCUT2D eigenvalue weighted by Crippen LogP contribution is 2.23. The summed E-state index contributed by atoms with van der Waals surface area (Å²) in [5.41, 5.74) is 4.24. The van der Waals surface area contributed by atoms with Crippen LogP contribution in [-0.4, -0.2) is 22.5 Å². The molecule has 0 radical (unpaired) electrons. The van der Waals surface area contributed by atoms with E-state index in [-0.39, 0.29) is 5.69 Å². The third kappa shape index (κ3) is 4.01. The van der Waals surface area contributed by atoms with Gasteiger partial charge in [-0.15, -0.1) is 0 Å². The van der Waals surface area contributed by atoms with Crippen molar-refractivity contribution in [2.24, 2.45) is 0 Å². The second-order valence-corrected chi connectivity index (χ2v) is 6.45. The van der Waals surface area contributed by atoms with Gasteiger partial charge in [0.15, 0.2) is 0 Å². The average molecular weight is 374 g/mol. The first kappa shape index (κ1) is 17.7. The summed E-state index contributed by atoms with van der Waals surface area (Å²) in [5, 5.41) is 6.33. The molecule has 2 aromatic heterocycles. The van der Waals surface area contributed by atoms with Crippen LogP contribution in [0.5, 0.6) is 0 Å². The van der Waals surface area contributed by atoms with Crippen molar-refractivity contribution in [1.29, 1.82) is 0 Å². The molecule has 0 fully saturated rings. The third-order valence-corrected chi connectivity index (χ3v) is 4.48. The molecule has 0 spiro atoms. The molecular weight excluding hydrogens is 355 g/mol. The highest BCUT2D eigenvalue weighted by molar-refractivity contribution is 5.89. The Kier molecular flexibility index (Phi) is 5.01. The van der Waals surface area contributed by atoms with Crippen LogP contribution in [0.2, 0.25) is 0 Å². The number of nitrogens with zero attached hydrogens (tertiary/aromatic N) is 1. The number of rotatable bonds is 5. The van der Waals surface area contributed by atoms with Gasteiger partial charge in [-0.3, -0.25) is 0 Å². The number of pyridine rings is 1. The molecule has 28 heavy (non-hydrogen) atoms. The molecule has 0 aliphatic rings. The number of benzene rings is 2. The van der Waals surface area contributed by atoms with Gasteiger partial charge in [0.2, 0.25) is 0 Å². The SMILES string of the molecule is O=C(NCCc1cccc(-c2cnc3[nH]ccc3c2)c1)Nc1ccccc1F. The van der Waals surface area contributed by atoms with E-state index in [1.807, 2.05) is 36.7 Å². The maximum absolute atomic E-state index is 13.6. The van der Waals surface area contributed by atoms with Gasteiger partial charge in [0.1, 0.15) is 11.5 Å². The van der Waals surface area contributed by atoms with Gasteiger partial charge in [0.25, 0.3) is 0 Å². The number of hydrogen-bond donors (Lipinski definition) is 3. The molecule has 140 valence electrons. The van der Waals surface area contributed by atoms with Crippen LogP contribution in [0.25, 0.3) is 22.2 Å². The highest BCUT2D eigenvalue weighted by atomic mass is 19.1. The van der Waals surface area contributed by atoms with Gasteiger partial charge >= 0.3 is 6.03 Å². The summed E-state index contributed by atoms with van der Waals surface area (Å²) in [6, 6.07) is 17.9. The van der Waals surface area contributed by atoms with Crippen molar-refractivity contribution in [3.8, 4) is 11.1 Å². The normalized spacial score (nSPS) is 10.8. The number of carbonyl (C=O) groups is 1. The van der Waals surface area contributed by atoms with E-state index in [0.717, 1.165) is 27.7 Å². The van der Waals surface area contributed by atoms with Crippen LogP contribution in [-0.2, 0) is 6.42 Å². The number of aromatic amines is 1. The zero-order valence-corrected chi connectivity index (χ0v) is 15.1. The maximum Gasteiger partial charge on any atom is 0.319 e. The van der Waals surface area contributed by atoms with E-state index in [9.17, 15) is 9.18 Å². The summed E-state index contributed by atoms with van der Waals surface area (Å²) in [7, 11) is 0. The van der Waals surface area contributed by atoms with Crippen molar-refractivity contribution < 1.29 is 9.18 Å². The third-order valence-electron chi connectivity index (χ3n) is 4.48. The van der Waals surface area contributed by atoms with Crippen molar-refractivity contribution >= 4 is 22.8 Å². The number of urea groups is 1. The summed E-state index contributed by atoms with van der Waals surface area (Å²) in [6.45, 7) is 0.443. The van der Waals surface area contributed by atoms with E-state index in [0.29, 0.717) is 13.0 Å². The molecule has 0 aliphatic heterocycles. The molecule has 0 saturated carbocycles. The lowest BCUT2D eigenvalue weighted by Crippen LogP contribution is -2.30. The topological polar surface area (TPSA) is 69.8 Å². The number of halogens is 1. The quantitative estimate of drug-likeness (QED) is 0.472. The van der Waals surface area contributed by atoms with Gasteiger partial charge in [-0.2, -0.15) is 0 Å². The molecule has 2 amide bonds. The number of amides is 2. The Bertz CT molecular complexity index is 1120. The number of hydrogen-bond acceptors (Lipinski definition) is 2. The second-order valence-electron chi connectivity index (χ2n) is 6.45. The Hall–Kier alpha value is -3.67. The van der Waals surface area contributed by atoms with E-state index in [4.69, 9.17) is 0 Å². The molecule has 6 heteroatoms. The minimum Gasteiger partial charge on any atom is -0.346 e. The molecule has 4 rings (SSSR count). The fourth-order valence-corrected chi connectivity index (χ4v) is 3.05. The molecule has 0 bridgehead atoms. The van der Waals surface area contributed by atoms with E-state index in [1.54, 1.807) is 12.1 Å². The van der Waals surface area contributed by atoms with Gasteiger partial charge < -0.3 is 15.6 Å². The Labute approximate surface area is 161 Å². The molecule has 5 nitrogen and oxygen atoms in total. The van der Waals surface area contributed by atoms with Gasteiger partial charge in [-0.05, 0) is 41.8 Å². The lowest BCUT2D eigenvalue weighted by molar-refractivity contribution is 0.252. The fourth-order valence-electron chi connectivity index (χ4n) is 3.05. The van der Waals surface area contributed by atoms with Crippen LogP contribution in [0.3, 0.4) is 0 Å². The summed E-state index contributed by atoms with van der Waals surface area (Å²) >= 11 is 0.